The van der Waals surface area contributed by atoms with Gasteiger partial charge in [0, 0.05) is 11.3 Å². The Hall–Kier alpha value is -2.36. The summed E-state index contributed by atoms with van der Waals surface area (Å²) in [6.07, 6.45) is -7.69. The Bertz CT molecular complexity index is 825. The van der Waals surface area contributed by atoms with Crippen molar-refractivity contribution in [3.63, 3.8) is 0 Å². The van der Waals surface area contributed by atoms with Gasteiger partial charge in [0.2, 0.25) is 5.78 Å². The van der Waals surface area contributed by atoms with E-state index in [9.17, 15) is 70.7 Å². The average Bonchev–Trinajstić information content (AvgIpc) is 2.59. The lowest BCUT2D eigenvalue weighted by Gasteiger charge is -2.41. The van der Waals surface area contributed by atoms with Crippen LogP contribution in [0.1, 0.15) is 10.4 Å². The number of hydrogen-bond donors (Lipinski definition) is 1. The first-order valence-corrected chi connectivity index (χ1v) is 7.15. The van der Waals surface area contributed by atoms with E-state index in [1.54, 1.807) is 0 Å². The summed E-state index contributed by atoms with van der Waals surface area (Å²) in [5.41, 5.74) is 3.16. The zero-order valence-corrected chi connectivity index (χ0v) is 14.0. The van der Waals surface area contributed by atoms with Crippen LogP contribution in [0.3, 0.4) is 0 Å². The molecule has 31 heavy (non-hydrogen) atoms. The van der Waals surface area contributed by atoms with Gasteiger partial charge < -0.3 is 5.73 Å². The van der Waals surface area contributed by atoms with E-state index in [1.807, 2.05) is 0 Å². The SMILES string of the molecule is Nc1ccc(C(=O)C(F)(F)C(F)(F)C(F)(F)C(F)(F)C(F)(F)C(F)(F)C(F)(F)F)cc1. The number of Topliss-reactive ketones (excluding diaryl/α,β-unsaturated/α-hetero) is 1. The van der Waals surface area contributed by atoms with Gasteiger partial charge in [-0.05, 0) is 24.3 Å². The van der Waals surface area contributed by atoms with Crippen molar-refractivity contribution in [3.05, 3.63) is 29.8 Å². The van der Waals surface area contributed by atoms with Gasteiger partial charge in [0.1, 0.15) is 0 Å². The van der Waals surface area contributed by atoms with Gasteiger partial charge in [0.05, 0.1) is 0 Å². The Balaban J connectivity index is 3.60. The molecule has 0 aliphatic carbocycles. The lowest BCUT2D eigenvalue weighted by Crippen LogP contribution is -2.73. The predicted molar refractivity (Wildman–Crippen MR) is 70.9 cm³/mol. The van der Waals surface area contributed by atoms with E-state index in [2.05, 4.69) is 0 Å². The van der Waals surface area contributed by atoms with Crippen LogP contribution in [0.15, 0.2) is 24.3 Å². The highest BCUT2D eigenvalue weighted by atomic mass is 19.4. The Labute approximate surface area is 160 Å². The van der Waals surface area contributed by atoms with Crippen molar-refractivity contribution in [2.24, 2.45) is 0 Å². The fraction of sp³-hybridized carbons (Fsp3) is 0.500. The summed E-state index contributed by atoms with van der Waals surface area (Å²) in [6.45, 7) is 0. The Kier molecular flexibility index (Phi) is 6.09. The van der Waals surface area contributed by atoms with Crippen molar-refractivity contribution in [1.29, 1.82) is 0 Å². The smallest absolute Gasteiger partial charge is 0.399 e. The van der Waals surface area contributed by atoms with Crippen molar-refractivity contribution in [1.82, 2.24) is 0 Å². The minimum absolute atomic E-state index is 0.199. The largest absolute Gasteiger partial charge is 0.460 e. The molecule has 2 N–H and O–H groups in total. The molecule has 0 saturated heterocycles. The highest BCUT2D eigenvalue weighted by molar-refractivity contribution is 6.02. The molecule has 0 amide bonds. The number of halogens is 15. The fourth-order valence-electron chi connectivity index (χ4n) is 1.93. The fourth-order valence-corrected chi connectivity index (χ4v) is 1.93. The van der Waals surface area contributed by atoms with Crippen LogP contribution >= 0.6 is 0 Å². The second-order valence-corrected chi connectivity index (χ2v) is 5.90. The maximum Gasteiger partial charge on any atom is 0.460 e. The average molecular weight is 489 g/mol. The summed E-state index contributed by atoms with van der Waals surface area (Å²) in [5.74, 6) is -51.4. The number of nitrogen functional groups attached to an aromatic ring is 1. The number of ketones is 1. The van der Waals surface area contributed by atoms with E-state index >= 15 is 0 Å². The highest BCUT2D eigenvalue weighted by Gasteiger charge is 2.93. The molecule has 0 aliphatic heterocycles. The Morgan fingerprint density at radius 2 is 0.871 bits per heavy atom. The molecule has 0 spiro atoms. The molecule has 0 fully saturated rings. The molecule has 0 atom stereocenters. The third kappa shape index (κ3) is 3.54. The molecule has 0 aromatic heterocycles. The molecule has 1 aromatic rings. The Morgan fingerprint density at radius 3 is 1.23 bits per heavy atom. The molecule has 17 heteroatoms. The molecule has 2 nitrogen and oxygen atoms in total. The van der Waals surface area contributed by atoms with E-state index < -0.39 is 53.1 Å². The van der Waals surface area contributed by atoms with E-state index in [0.717, 1.165) is 0 Å². The number of benzene rings is 1. The van der Waals surface area contributed by atoms with Gasteiger partial charge in [0.25, 0.3) is 0 Å². The van der Waals surface area contributed by atoms with E-state index in [1.165, 1.54) is 0 Å². The highest BCUT2D eigenvalue weighted by Crippen LogP contribution is 2.62. The van der Waals surface area contributed by atoms with E-state index in [4.69, 9.17) is 5.73 Å². The maximum absolute atomic E-state index is 13.7. The van der Waals surface area contributed by atoms with Crippen LogP contribution in [-0.2, 0) is 0 Å². The van der Waals surface area contributed by atoms with Crippen LogP contribution in [0.5, 0.6) is 0 Å². The summed E-state index contributed by atoms with van der Waals surface area (Å²) in [5, 5.41) is 0. The van der Waals surface area contributed by atoms with Crippen LogP contribution in [0.2, 0.25) is 0 Å². The third-order valence-corrected chi connectivity index (χ3v) is 3.79. The van der Waals surface area contributed by atoms with Crippen LogP contribution in [0.4, 0.5) is 71.5 Å². The lowest BCUT2D eigenvalue weighted by atomic mass is 9.88. The molecule has 178 valence electrons. The molecular weight excluding hydrogens is 483 g/mol. The molecule has 0 bridgehead atoms. The molecule has 0 unspecified atom stereocenters. The van der Waals surface area contributed by atoms with Gasteiger partial charge in [0.15, 0.2) is 0 Å². The minimum atomic E-state index is -8.44. The number of alkyl halides is 15. The topological polar surface area (TPSA) is 43.1 Å². The zero-order chi connectivity index (χ0) is 25.1. The standard InChI is InChI=1S/C14H6F15NO/c15-8(16,7(31)5-1-3-6(30)4-2-5)9(17,18)10(19,20)11(21,22)12(23,24)13(25,26)14(27,28)29/h1-4H,30H2. The first kappa shape index (κ1) is 26.7. The summed E-state index contributed by atoms with van der Waals surface area (Å²) >= 11 is 0. The van der Waals surface area contributed by atoms with Crippen molar-refractivity contribution in [2.45, 2.75) is 41.7 Å². The third-order valence-electron chi connectivity index (χ3n) is 3.79. The van der Waals surface area contributed by atoms with Crippen LogP contribution < -0.4 is 5.73 Å². The monoisotopic (exact) mass is 489 g/mol. The summed E-state index contributed by atoms with van der Waals surface area (Å²) in [4.78, 5) is 11.4. The van der Waals surface area contributed by atoms with Crippen LogP contribution in [-0.4, -0.2) is 47.5 Å². The number of nitrogens with two attached hydrogens (primary N) is 1. The van der Waals surface area contributed by atoms with Gasteiger partial charge in [-0.25, -0.2) is 0 Å². The van der Waals surface area contributed by atoms with Crippen molar-refractivity contribution >= 4 is 11.5 Å². The van der Waals surface area contributed by atoms with E-state index in [0.29, 0.717) is 12.1 Å². The number of hydrogen-bond acceptors (Lipinski definition) is 2. The quantitative estimate of drug-likeness (QED) is 0.298. The van der Waals surface area contributed by atoms with Crippen molar-refractivity contribution in [3.8, 4) is 0 Å². The number of rotatable bonds is 7. The minimum Gasteiger partial charge on any atom is -0.399 e. The maximum atomic E-state index is 13.7. The zero-order valence-electron chi connectivity index (χ0n) is 14.0. The summed E-state index contributed by atoms with van der Waals surface area (Å²) in [6, 6.07) is 1.52. The van der Waals surface area contributed by atoms with Crippen molar-refractivity contribution in [2.75, 3.05) is 5.73 Å². The molecule has 0 aliphatic rings. The van der Waals surface area contributed by atoms with Gasteiger partial charge in [-0.3, -0.25) is 4.79 Å². The molecule has 0 radical (unpaired) electrons. The lowest BCUT2D eigenvalue weighted by molar-refractivity contribution is -0.449. The van der Waals surface area contributed by atoms with Crippen LogP contribution in [0, 0.1) is 0 Å². The molecule has 1 rings (SSSR count). The molecular formula is C14H6F15NO. The summed E-state index contributed by atoms with van der Waals surface area (Å²) in [7, 11) is 0. The summed E-state index contributed by atoms with van der Waals surface area (Å²) < 4.78 is 196. The van der Waals surface area contributed by atoms with Gasteiger partial charge in [-0.1, -0.05) is 0 Å². The van der Waals surface area contributed by atoms with Gasteiger partial charge in [-0.15, -0.1) is 0 Å². The van der Waals surface area contributed by atoms with Gasteiger partial charge >= 0.3 is 41.7 Å². The molecule has 1 aromatic carbocycles. The predicted octanol–water partition coefficient (Wildman–Crippen LogP) is 5.83. The molecule has 0 heterocycles. The van der Waals surface area contributed by atoms with E-state index in [-0.39, 0.29) is 17.8 Å². The number of anilines is 1. The number of carbonyl (C=O) groups is 1. The second-order valence-electron chi connectivity index (χ2n) is 5.90. The van der Waals surface area contributed by atoms with Gasteiger partial charge in [-0.2, -0.15) is 65.9 Å². The number of carbonyl (C=O) groups excluding carboxylic acids is 1. The normalized spacial score (nSPS) is 15.2. The van der Waals surface area contributed by atoms with Crippen molar-refractivity contribution < 1.29 is 70.7 Å². The Morgan fingerprint density at radius 1 is 0.548 bits per heavy atom. The molecule has 0 saturated carbocycles. The van der Waals surface area contributed by atoms with Crippen LogP contribution in [0.25, 0.3) is 0 Å². The second kappa shape index (κ2) is 7.08. The first-order chi connectivity index (χ1) is 13.4. The first-order valence-electron chi connectivity index (χ1n) is 7.15.